The number of nitro benzene ring substituents is 1. The minimum Gasteiger partial charge on any atom is -0.478 e. The number of carboxylic acid groups (broad SMARTS) is 1. The molecule has 80 valence electrons. The highest BCUT2D eigenvalue weighted by Crippen LogP contribution is 2.31. The predicted octanol–water partition coefficient (Wildman–Crippen LogP) is 2.84. The number of aromatic carboxylic acids is 1. The molecule has 0 heterocycles. The van der Waals surface area contributed by atoms with Gasteiger partial charge in [0.25, 0.3) is 5.69 Å². The van der Waals surface area contributed by atoms with Gasteiger partial charge in [0.1, 0.15) is 5.02 Å². The van der Waals surface area contributed by atoms with Gasteiger partial charge in [0, 0.05) is 11.4 Å². The first-order chi connectivity index (χ1) is 6.99. The third-order valence-corrected chi connectivity index (χ3v) is 2.75. The van der Waals surface area contributed by atoms with Crippen molar-refractivity contribution in [2.24, 2.45) is 0 Å². The van der Waals surface area contributed by atoms with Crippen LogP contribution in [-0.4, -0.2) is 16.0 Å². The van der Waals surface area contributed by atoms with Crippen LogP contribution < -0.4 is 0 Å². The molecular formula is C8H5BrClNO4. The number of alkyl halides is 1. The summed E-state index contributed by atoms with van der Waals surface area (Å²) in [4.78, 5) is 20.6. The van der Waals surface area contributed by atoms with Crippen LogP contribution in [0.2, 0.25) is 5.02 Å². The molecule has 5 nitrogen and oxygen atoms in total. The fourth-order valence-corrected chi connectivity index (χ4v) is 1.89. The predicted molar refractivity (Wildman–Crippen MR) is 57.7 cm³/mol. The second-order valence-corrected chi connectivity index (χ2v) is 3.57. The highest BCUT2D eigenvalue weighted by Gasteiger charge is 2.22. The zero-order valence-electron chi connectivity index (χ0n) is 7.24. The lowest BCUT2D eigenvalue weighted by atomic mass is 10.1. The number of hydrogen-bond acceptors (Lipinski definition) is 3. The van der Waals surface area contributed by atoms with Gasteiger partial charge in [-0.2, -0.15) is 0 Å². The summed E-state index contributed by atoms with van der Waals surface area (Å²) in [6.07, 6.45) is 0. The van der Waals surface area contributed by atoms with Crippen molar-refractivity contribution >= 4 is 39.2 Å². The first-order valence-corrected chi connectivity index (χ1v) is 5.24. The number of halogens is 2. The van der Waals surface area contributed by atoms with Crippen molar-refractivity contribution in [1.82, 2.24) is 0 Å². The van der Waals surface area contributed by atoms with Crippen molar-refractivity contribution in [2.45, 2.75) is 5.33 Å². The number of nitrogens with zero attached hydrogens (tertiary/aromatic N) is 1. The number of rotatable bonds is 3. The highest BCUT2D eigenvalue weighted by molar-refractivity contribution is 9.08. The lowest BCUT2D eigenvalue weighted by molar-refractivity contribution is -0.384. The molecule has 0 unspecified atom stereocenters. The highest BCUT2D eigenvalue weighted by atomic mass is 79.9. The smallest absolute Gasteiger partial charge is 0.337 e. The van der Waals surface area contributed by atoms with E-state index in [0.29, 0.717) is 5.56 Å². The topological polar surface area (TPSA) is 80.4 Å². The Labute approximate surface area is 97.9 Å². The molecule has 0 aliphatic rings. The Kier molecular flexibility index (Phi) is 3.65. The van der Waals surface area contributed by atoms with E-state index >= 15 is 0 Å². The molecule has 0 bridgehead atoms. The fraction of sp³-hybridized carbons (Fsp3) is 0.125. The van der Waals surface area contributed by atoms with Crippen molar-refractivity contribution in [1.29, 1.82) is 0 Å². The average molecular weight is 294 g/mol. The molecule has 1 N–H and O–H groups in total. The molecule has 0 aliphatic heterocycles. The fourth-order valence-electron chi connectivity index (χ4n) is 1.09. The second-order valence-electron chi connectivity index (χ2n) is 2.63. The molecule has 1 aromatic carbocycles. The summed E-state index contributed by atoms with van der Waals surface area (Å²) >= 11 is 8.72. The maximum Gasteiger partial charge on any atom is 0.337 e. The standard InChI is InChI=1S/C8H5BrClNO4/c9-3-4-1-2-5(11(14)15)7(10)6(4)8(12)13/h1-2H,3H2,(H,12,13). The van der Waals surface area contributed by atoms with E-state index in [4.69, 9.17) is 16.7 Å². The van der Waals surface area contributed by atoms with Gasteiger partial charge < -0.3 is 5.11 Å². The Balaban J connectivity index is 3.49. The van der Waals surface area contributed by atoms with Crippen LogP contribution in [0.4, 0.5) is 5.69 Å². The molecule has 7 heteroatoms. The molecular weight excluding hydrogens is 289 g/mol. The van der Waals surface area contributed by atoms with Gasteiger partial charge in [-0.05, 0) is 5.56 Å². The maximum absolute atomic E-state index is 10.8. The zero-order valence-corrected chi connectivity index (χ0v) is 9.58. The van der Waals surface area contributed by atoms with Crippen molar-refractivity contribution in [3.63, 3.8) is 0 Å². The van der Waals surface area contributed by atoms with Gasteiger partial charge >= 0.3 is 5.97 Å². The number of hydrogen-bond donors (Lipinski definition) is 1. The minimum absolute atomic E-state index is 0.234. The molecule has 0 saturated carbocycles. The normalized spacial score (nSPS) is 10.0. The first-order valence-electron chi connectivity index (χ1n) is 3.74. The summed E-state index contributed by atoms with van der Waals surface area (Å²) in [5.41, 5.74) is -0.236. The quantitative estimate of drug-likeness (QED) is 0.528. The summed E-state index contributed by atoms with van der Waals surface area (Å²) in [6.45, 7) is 0. The van der Waals surface area contributed by atoms with Crippen LogP contribution in [0, 0.1) is 10.1 Å². The van der Waals surface area contributed by atoms with Crippen LogP contribution in [0.15, 0.2) is 12.1 Å². The lowest BCUT2D eigenvalue weighted by Crippen LogP contribution is -2.04. The molecule has 1 rings (SSSR count). The molecule has 0 radical (unpaired) electrons. The second kappa shape index (κ2) is 4.59. The van der Waals surface area contributed by atoms with Gasteiger partial charge in [-0.15, -0.1) is 0 Å². The van der Waals surface area contributed by atoms with E-state index in [-0.39, 0.29) is 15.9 Å². The van der Waals surface area contributed by atoms with Crippen LogP contribution in [0.1, 0.15) is 15.9 Å². The van der Waals surface area contributed by atoms with Gasteiger partial charge in [-0.3, -0.25) is 10.1 Å². The number of nitro groups is 1. The molecule has 1 aromatic rings. The SMILES string of the molecule is O=C(O)c1c(CBr)ccc([N+](=O)[O-])c1Cl. The summed E-state index contributed by atoms with van der Waals surface area (Å²) in [5, 5.41) is 19.3. The molecule has 0 spiro atoms. The number of carbonyl (C=O) groups is 1. The van der Waals surface area contributed by atoms with E-state index in [1.165, 1.54) is 12.1 Å². The van der Waals surface area contributed by atoms with Gasteiger partial charge in [-0.1, -0.05) is 33.6 Å². The van der Waals surface area contributed by atoms with Gasteiger partial charge in [-0.25, -0.2) is 4.79 Å². The largest absolute Gasteiger partial charge is 0.478 e. The molecule has 0 aromatic heterocycles. The summed E-state index contributed by atoms with van der Waals surface area (Å²) in [7, 11) is 0. The maximum atomic E-state index is 10.8. The van der Waals surface area contributed by atoms with Gasteiger partial charge in [0.05, 0.1) is 10.5 Å². The third-order valence-electron chi connectivity index (χ3n) is 1.76. The molecule has 0 fully saturated rings. The monoisotopic (exact) mass is 293 g/mol. The third kappa shape index (κ3) is 2.27. The average Bonchev–Trinajstić information content (AvgIpc) is 2.15. The van der Waals surface area contributed by atoms with E-state index in [0.717, 1.165) is 0 Å². The Morgan fingerprint density at radius 3 is 2.60 bits per heavy atom. The van der Waals surface area contributed by atoms with E-state index in [1.807, 2.05) is 0 Å². The first kappa shape index (κ1) is 11.9. The van der Waals surface area contributed by atoms with Crippen molar-refractivity contribution < 1.29 is 14.8 Å². The summed E-state index contributed by atoms with van der Waals surface area (Å²) in [5.74, 6) is -1.28. The van der Waals surface area contributed by atoms with Gasteiger partial charge in [0.15, 0.2) is 0 Å². The number of benzene rings is 1. The summed E-state index contributed by atoms with van der Waals surface area (Å²) in [6, 6.07) is 2.55. The van der Waals surface area contributed by atoms with Crippen molar-refractivity contribution in [3.8, 4) is 0 Å². The lowest BCUT2D eigenvalue weighted by Gasteiger charge is -2.04. The van der Waals surface area contributed by atoms with Crippen LogP contribution >= 0.6 is 27.5 Å². The Morgan fingerprint density at radius 1 is 1.60 bits per heavy atom. The molecule has 0 amide bonds. The molecule has 0 aliphatic carbocycles. The minimum atomic E-state index is -1.28. The zero-order chi connectivity index (χ0) is 11.6. The Bertz CT molecular complexity index is 435. The van der Waals surface area contributed by atoms with Crippen LogP contribution in [-0.2, 0) is 5.33 Å². The van der Waals surface area contributed by atoms with Crippen LogP contribution in [0.3, 0.4) is 0 Å². The molecule has 0 saturated heterocycles. The van der Waals surface area contributed by atoms with Gasteiger partial charge in [0.2, 0.25) is 0 Å². The molecule has 15 heavy (non-hydrogen) atoms. The Morgan fingerprint density at radius 2 is 2.20 bits per heavy atom. The van der Waals surface area contributed by atoms with Crippen LogP contribution in [0.25, 0.3) is 0 Å². The van der Waals surface area contributed by atoms with Crippen molar-refractivity contribution in [2.75, 3.05) is 0 Å². The Hall–Kier alpha value is -1.14. The van der Waals surface area contributed by atoms with E-state index in [9.17, 15) is 14.9 Å². The van der Waals surface area contributed by atoms with Crippen molar-refractivity contribution in [3.05, 3.63) is 38.4 Å². The number of carboxylic acids is 1. The van der Waals surface area contributed by atoms with E-state index in [1.54, 1.807) is 0 Å². The summed E-state index contributed by atoms with van der Waals surface area (Å²) < 4.78 is 0. The van der Waals surface area contributed by atoms with E-state index in [2.05, 4.69) is 15.9 Å². The molecule has 0 atom stereocenters. The van der Waals surface area contributed by atoms with E-state index < -0.39 is 16.6 Å². The van der Waals surface area contributed by atoms with Crippen LogP contribution in [0.5, 0.6) is 0 Å².